The fourth-order valence-electron chi connectivity index (χ4n) is 2.50. The summed E-state index contributed by atoms with van der Waals surface area (Å²) in [7, 11) is -5.36. The predicted octanol–water partition coefficient (Wildman–Crippen LogP) is -0.707. The maximum atomic E-state index is 12.5. The quantitative estimate of drug-likeness (QED) is 0.653. The first-order valence-corrected chi connectivity index (χ1v) is 9.82. The smallest absolute Gasteiger partial charge is 0.260 e. The molecule has 0 saturated carbocycles. The van der Waals surface area contributed by atoms with Crippen LogP contribution in [0.1, 0.15) is 24.6 Å². The van der Waals surface area contributed by atoms with E-state index < -0.39 is 25.4 Å². The molecule has 0 aliphatic carbocycles. The number of nitrogens with zero attached hydrogens (tertiary/aromatic N) is 1. The molecule has 2 rings (SSSR count). The van der Waals surface area contributed by atoms with Gasteiger partial charge in [0.25, 0.3) is 10.0 Å². The third kappa shape index (κ3) is 3.44. The van der Waals surface area contributed by atoms with E-state index in [4.69, 9.17) is 0 Å². The van der Waals surface area contributed by atoms with Gasteiger partial charge in [-0.2, -0.15) is 5.10 Å². The van der Waals surface area contributed by atoms with Crippen molar-refractivity contribution in [1.29, 1.82) is 0 Å². The lowest BCUT2D eigenvalue weighted by atomic mass is 10.0. The number of sulfone groups is 1. The Morgan fingerprint density at radius 1 is 1.43 bits per heavy atom. The van der Waals surface area contributed by atoms with Crippen LogP contribution in [-0.2, 0) is 26.4 Å². The van der Waals surface area contributed by atoms with Crippen LogP contribution in [0.2, 0.25) is 0 Å². The molecule has 2 heterocycles. The largest absolute Gasteiger partial charge is 0.316 e. The van der Waals surface area contributed by atoms with E-state index in [-0.39, 0.29) is 23.0 Å². The summed E-state index contributed by atoms with van der Waals surface area (Å²) in [5.74, 6) is -0.195. The number of aromatic nitrogens is 2. The van der Waals surface area contributed by atoms with E-state index in [1.165, 1.54) is 0 Å². The first-order valence-electron chi connectivity index (χ1n) is 6.51. The van der Waals surface area contributed by atoms with Gasteiger partial charge in [0.2, 0.25) is 0 Å². The highest BCUT2D eigenvalue weighted by Crippen LogP contribution is 2.26. The fourth-order valence-corrected chi connectivity index (χ4v) is 6.32. The van der Waals surface area contributed by atoms with Crippen LogP contribution in [0.15, 0.2) is 5.03 Å². The Labute approximate surface area is 124 Å². The molecule has 0 spiro atoms. The molecule has 1 atom stereocenters. The molecule has 1 unspecified atom stereocenters. The van der Waals surface area contributed by atoms with Gasteiger partial charge in [0, 0.05) is 23.3 Å². The molecule has 3 N–H and O–H groups in total. The number of nitrogens with one attached hydrogen (secondary N) is 3. The van der Waals surface area contributed by atoms with E-state index in [0.717, 1.165) is 0 Å². The molecule has 1 aromatic rings. The predicted molar refractivity (Wildman–Crippen MR) is 78.1 cm³/mol. The van der Waals surface area contributed by atoms with Crippen molar-refractivity contribution in [2.45, 2.75) is 37.4 Å². The molecule has 1 fully saturated rings. The molecule has 0 radical (unpaired) electrons. The lowest BCUT2D eigenvalue weighted by molar-refractivity contribution is 0.460. The number of H-pyrrole nitrogens is 1. The van der Waals surface area contributed by atoms with Crippen molar-refractivity contribution >= 4 is 19.9 Å². The number of hydrogen-bond acceptors (Lipinski definition) is 6. The minimum atomic E-state index is -3.88. The Hall–Kier alpha value is -0.970. The van der Waals surface area contributed by atoms with E-state index in [0.29, 0.717) is 17.8 Å². The van der Waals surface area contributed by atoms with Gasteiger partial charge < -0.3 is 5.32 Å². The topological polar surface area (TPSA) is 121 Å². The highest BCUT2D eigenvalue weighted by molar-refractivity contribution is 7.92. The maximum Gasteiger partial charge on any atom is 0.260 e. The monoisotopic (exact) mass is 336 g/mol. The lowest BCUT2D eigenvalue weighted by Gasteiger charge is -2.23. The molecule has 0 bridgehead atoms. The van der Waals surface area contributed by atoms with Gasteiger partial charge in [0.15, 0.2) is 14.9 Å². The van der Waals surface area contributed by atoms with Gasteiger partial charge in [0.05, 0.1) is 11.5 Å². The summed E-state index contributed by atoms with van der Waals surface area (Å²) < 4.78 is 50.6. The summed E-state index contributed by atoms with van der Waals surface area (Å²) in [6.45, 7) is 3.69. The van der Waals surface area contributed by atoms with Gasteiger partial charge in [-0.3, -0.25) is 5.10 Å². The summed E-state index contributed by atoms with van der Waals surface area (Å²) in [5, 5.41) is 9.31. The van der Waals surface area contributed by atoms with Crippen LogP contribution in [0.5, 0.6) is 0 Å². The van der Waals surface area contributed by atoms with E-state index in [1.54, 1.807) is 20.9 Å². The van der Waals surface area contributed by atoms with Crippen molar-refractivity contribution in [2.24, 2.45) is 0 Å². The Morgan fingerprint density at radius 3 is 2.62 bits per heavy atom. The SMILES string of the molecule is CNCc1c(S(=O)(=O)NC2(C)CCS(=O)(=O)C2)n[nH]c1C. The second kappa shape index (κ2) is 5.34. The average molecular weight is 336 g/mol. The average Bonchev–Trinajstić information content (AvgIpc) is 2.81. The second-order valence-corrected chi connectivity index (χ2v) is 9.45. The van der Waals surface area contributed by atoms with Crippen molar-refractivity contribution in [3.8, 4) is 0 Å². The first kappa shape index (κ1) is 16.4. The van der Waals surface area contributed by atoms with Crippen molar-refractivity contribution in [3.05, 3.63) is 11.3 Å². The van der Waals surface area contributed by atoms with Crippen LogP contribution in [0.4, 0.5) is 0 Å². The van der Waals surface area contributed by atoms with E-state index in [1.807, 2.05) is 0 Å². The standard InChI is InChI=1S/C11H20N4O4S2/c1-8-9(6-12-3)10(14-13-8)21(18,19)15-11(2)4-5-20(16,17)7-11/h12,15H,4-7H2,1-3H3,(H,13,14). The molecule has 120 valence electrons. The number of aryl methyl sites for hydroxylation is 1. The van der Waals surface area contributed by atoms with Gasteiger partial charge in [0.1, 0.15) is 0 Å². The highest BCUT2D eigenvalue weighted by atomic mass is 32.2. The van der Waals surface area contributed by atoms with Crippen LogP contribution in [0.3, 0.4) is 0 Å². The van der Waals surface area contributed by atoms with Crippen molar-refractivity contribution in [2.75, 3.05) is 18.6 Å². The third-order valence-electron chi connectivity index (χ3n) is 3.53. The summed E-state index contributed by atoms with van der Waals surface area (Å²) in [6.07, 6.45) is 0.263. The Morgan fingerprint density at radius 2 is 2.10 bits per heavy atom. The summed E-state index contributed by atoms with van der Waals surface area (Å²) >= 11 is 0. The molecule has 1 aliphatic rings. The van der Waals surface area contributed by atoms with Crippen molar-refractivity contribution in [3.63, 3.8) is 0 Å². The highest BCUT2D eigenvalue weighted by Gasteiger charge is 2.42. The Bertz CT molecular complexity index is 738. The number of rotatable bonds is 5. The molecule has 21 heavy (non-hydrogen) atoms. The van der Waals surface area contributed by atoms with E-state index in [2.05, 4.69) is 20.2 Å². The number of hydrogen-bond donors (Lipinski definition) is 3. The fraction of sp³-hybridized carbons (Fsp3) is 0.727. The van der Waals surface area contributed by atoms with E-state index >= 15 is 0 Å². The first-order chi connectivity index (χ1) is 9.59. The summed E-state index contributed by atoms with van der Waals surface area (Å²) in [6, 6.07) is 0. The third-order valence-corrected chi connectivity index (χ3v) is 7.04. The molecule has 1 aliphatic heterocycles. The molecule has 1 saturated heterocycles. The van der Waals surface area contributed by atoms with Gasteiger partial charge in [-0.05, 0) is 27.3 Å². The molecule has 0 amide bonds. The summed E-state index contributed by atoms with van der Waals surface area (Å²) in [5.41, 5.74) is 0.227. The second-order valence-electron chi connectivity index (χ2n) is 5.67. The molecule has 1 aromatic heterocycles. The van der Waals surface area contributed by atoms with Crippen LogP contribution < -0.4 is 10.0 Å². The molecular weight excluding hydrogens is 316 g/mol. The van der Waals surface area contributed by atoms with Gasteiger partial charge in [-0.1, -0.05) is 0 Å². The molecule has 10 heteroatoms. The van der Waals surface area contributed by atoms with Gasteiger partial charge >= 0.3 is 0 Å². The van der Waals surface area contributed by atoms with Crippen LogP contribution in [-0.4, -0.2) is 51.1 Å². The van der Waals surface area contributed by atoms with Crippen molar-refractivity contribution in [1.82, 2.24) is 20.2 Å². The Kier molecular flexibility index (Phi) is 4.17. The van der Waals surface area contributed by atoms with Crippen LogP contribution >= 0.6 is 0 Å². The zero-order chi connectivity index (χ0) is 15.9. The minimum Gasteiger partial charge on any atom is -0.316 e. The molecule has 8 nitrogen and oxygen atoms in total. The summed E-state index contributed by atoms with van der Waals surface area (Å²) in [4.78, 5) is 0. The Balaban J connectivity index is 2.32. The maximum absolute atomic E-state index is 12.5. The zero-order valence-corrected chi connectivity index (χ0v) is 13.9. The van der Waals surface area contributed by atoms with Crippen LogP contribution in [0, 0.1) is 6.92 Å². The number of aromatic amines is 1. The number of sulfonamides is 1. The lowest BCUT2D eigenvalue weighted by Crippen LogP contribution is -2.47. The molecule has 0 aromatic carbocycles. The van der Waals surface area contributed by atoms with Gasteiger partial charge in [-0.15, -0.1) is 0 Å². The van der Waals surface area contributed by atoms with Crippen molar-refractivity contribution < 1.29 is 16.8 Å². The zero-order valence-electron chi connectivity index (χ0n) is 12.2. The van der Waals surface area contributed by atoms with Crippen LogP contribution in [0.25, 0.3) is 0 Å². The van der Waals surface area contributed by atoms with E-state index in [9.17, 15) is 16.8 Å². The molecular formula is C11H20N4O4S2. The normalized spacial score (nSPS) is 25.3. The van der Waals surface area contributed by atoms with Gasteiger partial charge in [-0.25, -0.2) is 21.6 Å². The minimum absolute atomic E-state index is 0.00497.